The first kappa shape index (κ1) is 18.2. The van der Waals surface area contributed by atoms with Gasteiger partial charge in [0, 0.05) is 6.42 Å². The van der Waals surface area contributed by atoms with E-state index in [9.17, 15) is 18.0 Å². The fourth-order valence-electron chi connectivity index (χ4n) is 1.99. The van der Waals surface area contributed by atoms with Gasteiger partial charge in [-0.05, 0) is 0 Å². The zero-order chi connectivity index (χ0) is 16.8. The summed E-state index contributed by atoms with van der Waals surface area (Å²) in [6.45, 7) is 6.71. The average molecular weight is 333 g/mol. The summed E-state index contributed by atoms with van der Waals surface area (Å²) in [6.07, 6.45) is 2.08. The van der Waals surface area contributed by atoms with Crippen LogP contribution in [0.1, 0.15) is 6.42 Å². The Kier molecular flexibility index (Phi) is 6.57. The molecule has 0 bridgehead atoms. The first-order valence-corrected chi connectivity index (χ1v) is 8.30. The van der Waals surface area contributed by atoms with Crippen LogP contribution in [0.3, 0.4) is 0 Å². The Hall–Kier alpha value is -1.87. The zero-order valence-electron chi connectivity index (χ0n) is 12.3. The summed E-state index contributed by atoms with van der Waals surface area (Å²) in [6, 6.07) is -0.969. The van der Waals surface area contributed by atoms with Crippen LogP contribution in [0, 0.1) is 0 Å². The third kappa shape index (κ3) is 5.49. The molecular formula is C13H19NO7S. The molecule has 0 aliphatic carbocycles. The number of hydrogen-bond donors (Lipinski definition) is 0. The van der Waals surface area contributed by atoms with E-state index in [1.807, 2.05) is 0 Å². The van der Waals surface area contributed by atoms with Crippen molar-refractivity contribution in [1.29, 1.82) is 0 Å². The Morgan fingerprint density at radius 3 is 2.36 bits per heavy atom. The Bertz CT molecular complexity index is 511. The standard InChI is InChI=1S/C13H19NO7S/c1-4-6-19-12(15)11-8-10(21-22(3,17)18)9-14(11)13(16)20-7-5-2/h4-5,10-11H,1-2,6-9H2,3H3/t10-,11+/m1/s1. The molecule has 22 heavy (non-hydrogen) atoms. The van der Waals surface area contributed by atoms with Gasteiger partial charge in [0.25, 0.3) is 10.1 Å². The molecule has 0 aromatic heterocycles. The Morgan fingerprint density at radius 2 is 1.82 bits per heavy atom. The molecule has 1 aliphatic rings. The predicted molar refractivity (Wildman–Crippen MR) is 77.5 cm³/mol. The average Bonchev–Trinajstić information content (AvgIpc) is 2.83. The lowest BCUT2D eigenvalue weighted by Crippen LogP contribution is -2.42. The van der Waals surface area contributed by atoms with E-state index in [-0.39, 0.29) is 26.2 Å². The van der Waals surface area contributed by atoms with Crippen molar-refractivity contribution in [3.63, 3.8) is 0 Å². The maximum Gasteiger partial charge on any atom is 0.410 e. The maximum absolute atomic E-state index is 12.0. The predicted octanol–water partition coefficient (Wildman–Crippen LogP) is 0.457. The van der Waals surface area contributed by atoms with Crippen LogP contribution in [0.5, 0.6) is 0 Å². The van der Waals surface area contributed by atoms with E-state index in [2.05, 4.69) is 13.2 Å². The van der Waals surface area contributed by atoms with Gasteiger partial charge >= 0.3 is 12.1 Å². The second kappa shape index (κ2) is 7.95. The van der Waals surface area contributed by atoms with Crippen LogP contribution in [-0.4, -0.2) is 63.5 Å². The van der Waals surface area contributed by atoms with Crippen LogP contribution >= 0.6 is 0 Å². The summed E-state index contributed by atoms with van der Waals surface area (Å²) in [5, 5.41) is 0. The van der Waals surface area contributed by atoms with Crippen LogP contribution in [0.25, 0.3) is 0 Å². The summed E-state index contributed by atoms with van der Waals surface area (Å²) in [5.41, 5.74) is 0. The number of nitrogens with zero attached hydrogens (tertiary/aromatic N) is 1. The Balaban J connectivity index is 2.82. The van der Waals surface area contributed by atoms with Gasteiger partial charge in [0.15, 0.2) is 0 Å². The van der Waals surface area contributed by atoms with E-state index in [4.69, 9.17) is 13.7 Å². The number of amides is 1. The van der Waals surface area contributed by atoms with Crippen LogP contribution in [-0.2, 0) is 28.6 Å². The van der Waals surface area contributed by atoms with Crippen molar-refractivity contribution in [2.45, 2.75) is 18.6 Å². The molecule has 0 saturated carbocycles. The molecule has 0 N–H and O–H groups in total. The molecule has 1 heterocycles. The van der Waals surface area contributed by atoms with E-state index in [1.165, 1.54) is 12.2 Å². The van der Waals surface area contributed by atoms with Crippen LogP contribution in [0.4, 0.5) is 4.79 Å². The largest absolute Gasteiger partial charge is 0.460 e. The van der Waals surface area contributed by atoms with E-state index >= 15 is 0 Å². The van der Waals surface area contributed by atoms with Gasteiger partial charge in [0.05, 0.1) is 18.9 Å². The third-order valence-electron chi connectivity index (χ3n) is 2.75. The summed E-state index contributed by atoms with van der Waals surface area (Å²) in [5.74, 6) is -0.671. The molecule has 1 fully saturated rings. The lowest BCUT2D eigenvalue weighted by Gasteiger charge is -2.21. The summed E-state index contributed by atoms with van der Waals surface area (Å²) in [4.78, 5) is 25.0. The molecule has 0 unspecified atom stereocenters. The molecule has 0 aromatic carbocycles. The smallest absolute Gasteiger partial charge is 0.410 e. The molecule has 0 radical (unpaired) electrons. The monoisotopic (exact) mass is 333 g/mol. The molecule has 9 heteroatoms. The molecule has 8 nitrogen and oxygen atoms in total. The zero-order valence-corrected chi connectivity index (χ0v) is 13.1. The highest BCUT2D eigenvalue weighted by molar-refractivity contribution is 7.86. The number of carbonyl (C=O) groups is 2. The second-order valence-corrected chi connectivity index (χ2v) is 6.21. The highest BCUT2D eigenvalue weighted by Crippen LogP contribution is 2.23. The molecule has 1 saturated heterocycles. The van der Waals surface area contributed by atoms with Crippen molar-refractivity contribution in [2.24, 2.45) is 0 Å². The summed E-state index contributed by atoms with van der Waals surface area (Å²) in [7, 11) is -3.70. The minimum Gasteiger partial charge on any atom is -0.460 e. The molecule has 1 amide bonds. The number of carbonyl (C=O) groups excluding carboxylic acids is 2. The van der Waals surface area contributed by atoms with Crippen molar-refractivity contribution in [2.75, 3.05) is 26.0 Å². The quantitative estimate of drug-likeness (QED) is 0.379. The summed E-state index contributed by atoms with van der Waals surface area (Å²) >= 11 is 0. The molecular weight excluding hydrogens is 314 g/mol. The van der Waals surface area contributed by atoms with Crippen LogP contribution in [0.15, 0.2) is 25.3 Å². The maximum atomic E-state index is 12.0. The SMILES string of the molecule is C=CCOC(=O)[C@@H]1C[C@@H](OS(C)(=O)=O)CN1C(=O)OCC=C. The molecule has 124 valence electrons. The Morgan fingerprint density at radius 1 is 1.23 bits per heavy atom. The first-order valence-electron chi connectivity index (χ1n) is 6.48. The van der Waals surface area contributed by atoms with Gasteiger partial charge in [0.1, 0.15) is 19.3 Å². The Labute approximate surface area is 129 Å². The number of rotatable bonds is 7. The molecule has 0 spiro atoms. The van der Waals surface area contributed by atoms with Gasteiger partial charge in [-0.15, -0.1) is 0 Å². The number of ether oxygens (including phenoxy) is 2. The number of likely N-dealkylation sites (tertiary alicyclic amines) is 1. The molecule has 1 aliphatic heterocycles. The van der Waals surface area contributed by atoms with Gasteiger partial charge in [-0.25, -0.2) is 9.59 Å². The van der Waals surface area contributed by atoms with Crippen LogP contribution in [0.2, 0.25) is 0 Å². The van der Waals surface area contributed by atoms with E-state index < -0.39 is 34.3 Å². The van der Waals surface area contributed by atoms with Gasteiger partial charge in [-0.2, -0.15) is 8.42 Å². The van der Waals surface area contributed by atoms with E-state index in [0.29, 0.717) is 0 Å². The molecule has 2 atom stereocenters. The minimum absolute atomic E-state index is 0.00619. The highest BCUT2D eigenvalue weighted by Gasteiger charge is 2.43. The lowest BCUT2D eigenvalue weighted by atomic mass is 10.2. The fourth-order valence-corrected chi connectivity index (χ4v) is 2.62. The fraction of sp³-hybridized carbons (Fsp3) is 0.538. The van der Waals surface area contributed by atoms with Crippen LogP contribution < -0.4 is 0 Å². The van der Waals surface area contributed by atoms with Crippen molar-refractivity contribution >= 4 is 22.2 Å². The lowest BCUT2D eigenvalue weighted by molar-refractivity contribution is -0.147. The highest BCUT2D eigenvalue weighted by atomic mass is 32.2. The molecule has 0 aromatic rings. The van der Waals surface area contributed by atoms with Gasteiger partial charge in [-0.1, -0.05) is 25.3 Å². The minimum atomic E-state index is -3.70. The number of esters is 1. The van der Waals surface area contributed by atoms with E-state index in [1.54, 1.807) is 0 Å². The van der Waals surface area contributed by atoms with Gasteiger partial charge in [-0.3, -0.25) is 9.08 Å². The van der Waals surface area contributed by atoms with Gasteiger partial charge in [0.2, 0.25) is 0 Å². The number of hydrogen-bond acceptors (Lipinski definition) is 7. The third-order valence-corrected chi connectivity index (χ3v) is 3.37. The topological polar surface area (TPSA) is 99.2 Å². The van der Waals surface area contributed by atoms with Crippen molar-refractivity contribution < 1.29 is 31.7 Å². The van der Waals surface area contributed by atoms with Gasteiger partial charge < -0.3 is 9.47 Å². The second-order valence-electron chi connectivity index (χ2n) is 4.61. The normalized spacial score (nSPS) is 21.2. The first-order chi connectivity index (χ1) is 10.3. The van der Waals surface area contributed by atoms with Crippen molar-refractivity contribution in [3.8, 4) is 0 Å². The van der Waals surface area contributed by atoms with Crippen molar-refractivity contribution in [3.05, 3.63) is 25.3 Å². The summed E-state index contributed by atoms with van der Waals surface area (Å²) < 4.78 is 37.0. The van der Waals surface area contributed by atoms with Crippen molar-refractivity contribution in [1.82, 2.24) is 4.90 Å². The van der Waals surface area contributed by atoms with E-state index in [0.717, 1.165) is 11.2 Å². The molecule has 1 rings (SSSR count).